The molecule has 0 bridgehead atoms. The van der Waals surface area contributed by atoms with Gasteiger partial charge in [0.25, 0.3) is 0 Å². The van der Waals surface area contributed by atoms with Gasteiger partial charge >= 0.3 is 0 Å². The van der Waals surface area contributed by atoms with Crippen LogP contribution in [0.15, 0.2) is 24.3 Å². The maximum absolute atomic E-state index is 11.8. The fourth-order valence-electron chi connectivity index (χ4n) is 2.31. The van der Waals surface area contributed by atoms with Crippen LogP contribution in [0.3, 0.4) is 0 Å². The number of nitrogens with one attached hydrogen (secondary N) is 1. The molecule has 1 aliphatic heterocycles. The number of amides is 2. The molecule has 1 aromatic rings. The average molecular weight is 261 g/mol. The van der Waals surface area contributed by atoms with Crippen molar-refractivity contribution in [1.29, 1.82) is 0 Å². The van der Waals surface area contributed by atoms with Crippen molar-refractivity contribution in [3.05, 3.63) is 24.3 Å². The Hall–Kier alpha value is -1.88. The molecule has 1 saturated heterocycles. The number of rotatable bonds is 4. The van der Waals surface area contributed by atoms with Crippen LogP contribution in [0, 0.1) is 0 Å². The van der Waals surface area contributed by atoms with E-state index in [1.165, 1.54) is 0 Å². The van der Waals surface area contributed by atoms with Gasteiger partial charge < -0.3 is 16.0 Å². The molecule has 2 rings (SSSR count). The van der Waals surface area contributed by atoms with E-state index < -0.39 is 0 Å². The first kappa shape index (κ1) is 13.5. The molecule has 1 fully saturated rings. The highest BCUT2D eigenvalue weighted by atomic mass is 16.2. The van der Waals surface area contributed by atoms with Gasteiger partial charge in [0.05, 0.1) is 0 Å². The minimum Gasteiger partial charge on any atom is -0.330 e. The second-order valence-corrected chi connectivity index (χ2v) is 4.79. The highest BCUT2D eigenvalue weighted by molar-refractivity contribution is 5.97. The topological polar surface area (TPSA) is 75.4 Å². The second kappa shape index (κ2) is 5.84. The molecule has 0 spiro atoms. The van der Waals surface area contributed by atoms with E-state index in [1.807, 2.05) is 31.2 Å². The van der Waals surface area contributed by atoms with Gasteiger partial charge in [-0.1, -0.05) is 6.07 Å². The van der Waals surface area contributed by atoms with Crippen molar-refractivity contribution >= 4 is 23.2 Å². The summed E-state index contributed by atoms with van der Waals surface area (Å²) in [5.41, 5.74) is 6.87. The van der Waals surface area contributed by atoms with Crippen molar-refractivity contribution in [3.8, 4) is 0 Å². The lowest BCUT2D eigenvalue weighted by molar-refractivity contribution is -0.117. The lowest BCUT2D eigenvalue weighted by Gasteiger charge is -2.22. The van der Waals surface area contributed by atoms with Gasteiger partial charge in [-0.25, -0.2) is 0 Å². The molecule has 102 valence electrons. The molecule has 1 unspecified atom stereocenters. The largest absolute Gasteiger partial charge is 0.330 e. The zero-order valence-corrected chi connectivity index (χ0v) is 11.1. The standard InChI is InChI=1S/C14H19N3O2/c1-10-5-6-14(19)17(10)12-4-2-3-11(9-12)16-13(18)7-8-15/h2-4,9-10H,5-8,15H2,1H3,(H,16,18). The quantitative estimate of drug-likeness (QED) is 0.862. The molecule has 0 aliphatic carbocycles. The molecule has 5 nitrogen and oxygen atoms in total. The van der Waals surface area contributed by atoms with Gasteiger partial charge in [0, 0.05) is 36.8 Å². The second-order valence-electron chi connectivity index (χ2n) is 4.79. The van der Waals surface area contributed by atoms with Crippen molar-refractivity contribution in [3.63, 3.8) is 0 Å². The Morgan fingerprint density at radius 1 is 1.53 bits per heavy atom. The fraction of sp³-hybridized carbons (Fsp3) is 0.429. The molecule has 3 N–H and O–H groups in total. The van der Waals surface area contributed by atoms with Crippen LogP contribution < -0.4 is 16.0 Å². The monoisotopic (exact) mass is 261 g/mol. The maximum Gasteiger partial charge on any atom is 0.227 e. The van der Waals surface area contributed by atoms with Gasteiger partial charge in [-0.3, -0.25) is 9.59 Å². The molecule has 5 heteroatoms. The molecule has 1 aliphatic rings. The minimum atomic E-state index is -0.111. The van der Waals surface area contributed by atoms with Crippen molar-refractivity contribution in [2.75, 3.05) is 16.8 Å². The number of nitrogens with zero attached hydrogens (tertiary/aromatic N) is 1. The molecule has 1 heterocycles. The Kier molecular flexibility index (Phi) is 4.16. The summed E-state index contributed by atoms with van der Waals surface area (Å²) in [5.74, 6) is 0.0263. The Balaban J connectivity index is 2.15. The van der Waals surface area contributed by atoms with E-state index in [4.69, 9.17) is 5.73 Å². The summed E-state index contributed by atoms with van der Waals surface area (Å²) in [6, 6.07) is 7.57. The van der Waals surface area contributed by atoms with Crippen LogP contribution in [0.2, 0.25) is 0 Å². The molecule has 0 radical (unpaired) electrons. The highest BCUT2D eigenvalue weighted by Crippen LogP contribution is 2.28. The summed E-state index contributed by atoms with van der Waals surface area (Å²) >= 11 is 0. The Morgan fingerprint density at radius 2 is 2.32 bits per heavy atom. The van der Waals surface area contributed by atoms with Gasteiger partial charge in [-0.05, 0) is 31.5 Å². The van der Waals surface area contributed by atoms with Gasteiger partial charge in [0.1, 0.15) is 0 Å². The smallest absolute Gasteiger partial charge is 0.227 e. The van der Waals surface area contributed by atoms with Crippen LogP contribution in [-0.2, 0) is 9.59 Å². The third-order valence-electron chi connectivity index (χ3n) is 3.26. The first-order valence-corrected chi connectivity index (χ1v) is 6.54. The lowest BCUT2D eigenvalue weighted by Crippen LogP contribution is -2.30. The normalized spacial score (nSPS) is 18.7. The van der Waals surface area contributed by atoms with E-state index >= 15 is 0 Å². The van der Waals surface area contributed by atoms with Crippen LogP contribution in [0.25, 0.3) is 0 Å². The molecule has 1 atom stereocenters. The number of hydrogen-bond acceptors (Lipinski definition) is 3. The highest BCUT2D eigenvalue weighted by Gasteiger charge is 2.28. The third-order valence-corrected chi connectivity index (χ3v) is 3.26. The molecular formula is C14H19N3O2. The number of carbonyl (C=O) groups excluding carboxylic acids is 2. The summed E-state index contributed by atoms with van der Waals surface area (Å²) in [6.07, 6.45) is 1.76. The van der Waals surface area contributed by atoms with Crippen molar-refractivity contribution in [2.45, 2.75) is 32.2 Å². The molecule has 19 heavy (non-hydrogen) atoms. The van der Waals surface area contributed by atoms with Gasteiger partial charge in [-0.2, -0.15) is 0 Å². The first-order valence-electron chi connectivity index (χ1n) is 6.54. The number of hydrogen-bond donors (Lipinski definition) is 2. The maximum atomic E-state index is 11.8. The van der Waals surface area contributed by atoms with Crippen LogP contribution in [0.1, 0.15) is 26.2 Å². The molecule has 0 aromatic heterocycles. The Morgan fingerprint density at radius 3 is 2.95 bits per heavy atom. The summed E-state index contributed by atoms with van der Waals surface area (Å²) in [4.78, 5) is 25.1. The number of anilines is 2. The SMILES string of the molecule is CC1CCC(=O)N1c1cccc(NC(=O)CCN)c1. The molecule has 2 amide bonds. The number of benzene rings is 1. The molecule has 0 saturated carbocycles. The summed E-state index contributed by atoms with van der Waals surface area (Å²) < 4.78 is 0. The minimum absolute atomic E-state index is 0.111. The van der Waals surface area contributed by atoms with E-state index in [2.05, 4.69) is 5.32 Å². The lowest BCUT2D eigenvalue weighted by atomic mass is 10.2. The van der Waals surface area contributed by atoms with Gasteiger partial charge in [0.15, 0.2) is 0 Å². The van der Waals surface area contributed by atoms with E-state index in [-0.39, 0.29) is 17.9 Å². The zero-order valence-electron chi connectivity index (χ0n) is 11.1. The Bertz CT molecular complexity index is 487. The number of carbonyl (C=O) groups is 2. The fourth-order valence-corrected chi connectivity index (χ4v) is 2.31. The van der Waals surface area contributed by atoms with Crippen molar-refractivity contribution in [1.82, 2.24) is 0 Å². The first-order chi connectivity index (χ1) is 9.11. The molecular weight excluding hydrogens is 242 g/mol. The van der Waals surface area contributed by atoms with E-state index in [9.17, 15) is 9.59 Å². The summed E-state index contributed by atoms with van der Waals surface area (Å²) in [6.45, 7) is 2.36. The van der Waals surface area contributed by atoms with Crippen molar-refractivity contribution in [2.24, 2.45) is 5.73 Å². The predicted molar refractivity (Wildman–Crippen MR) is 74.9 cm³/mol. The summed E-state index contributed by atoms with van der Waals surface area (Å²) in [7, 11) is 0. The predicted octanol–water partition coefficient (Wildman–Crippen LogP) is 1.49. The van der Waals surface area contributed by atoms with Crippen LogP contribution in [0.4, 0.5) is 11.4 Å². The third kappa shape index (κ3) is 3.12. The molecule has 1 aromatic carbocycles. The van der Waals surface area contributed by atoms with Crippen LogP contribution in [-0.4, -0.2) is 24.4 Å². The van der Waals surface area contributed by atoms with Gasteiger partial charge in [-0.15, -0.1) is 0 Å². The van der Waals surface area contributed by atoms with E-state index in [0.717, 1.165) is 12.1 Å². The van der Waals surface area contributed by atoms with E-state index in [1.54, 1.807) is 4.90 Å². The van der Waals surface area contributed by atoms with Crippen molar-refractivity contribution < 1.29 is 9.59 Å². The number of nitrogens with two attached hydrogens (primary N) is 1. The summed E-state index contributed by atoms with van der Waals surface area (Å²) in [5, 5.41) is 2.78. The van der Waals surface area contributed by atoms with Gasteiger partial charge in [0.2, 0.25) is 11.8 Å². The van der Waals surface area contributed by atoms with E-state index in [0.29, 0.717) is 25.1 Å². The zero-order chi connectivity index (χ0) is 13.8. The Labute approximate surface area is 112 Å². The van der Waals surface area contributed by atoms with Crippen LogP contribution >= 0.6 is 0 Å². The average Bonchev–Trinajstić information content (AvgIpc) is 2.69. The van der Waals surface area contributed by atoms with Crippen LogP contribution in [0.5, 0.6) is 0 Å².